The van der Waals surface area contributed by atoms with E-state index < -0.39 is 0 Å². The number of amides is 1. The molecule has 3 rings (SSSR count). The normalized spacial score (nSPS) is 10.9. The Morgan fingerprint density at radius 3 is 2.96 bits per heavy atom. The van der Waals surface area contributed by atoms with Crippen LogP contribution in [0.4, 0.5) is 5.82 Å². The molecule has 0 atom stereocenters. The Hall–Kier alpha value is -2.20. The zero-order chi connectivity index (χ0) is 16.2. The summed E-state index contributed by atoms with van der Waals surface area (Å²) in [7, 11) is 0. The summed E-state index contributed by atoms with van der Waals surface area (Å²) in [4.78, 5) is 16.1. The molecular formula is C13H13N5O3S2. The summed E-state index contributed by atoms with van der Waals surface area (Å²) < 4.78 is 10.4. The molecule has 0 radical (unpaired) electrons. The summed E-state index contributed by atoms with van der Waals surface area (Å²) in [6, 6.07) is 1.64. The van der Waals surface area contributed by atoms with Crippen molar-refractivity contribution in [1.82, 2.24) is 20.3 Å². The fourth-order valence-electron chi connectivity index (χ4n) is 1.74. The van der Waals surface area contributed by atoms with Crippen molar-refractivity contribution in [3.05, 3.63) is 33.8 Å². The maximum absolute atomic E-state index is 11.8. The van der Waals surface area contributed by atoms with Gasteiger partial charge in [-0.05, 0) is 13.8 Å². The van der Waals surface area contributed by atoms with Gasteiger partial charge in [0.1, 0.15) is 5.76 Å². The van der Waals surface area contributed by atoms with Crippen LogP contribution in [0.3, 0.4) is 0 Å². The molecule has 0 spiro atoms. The molecule has 1 N–H and O–H groups in total. The average Bonchev–Trinajstić information content (AvgIpc) is 3.21. The smallest absolute Gasteiger partial charge is 0.277 e. The van der Waals surface area contributed by atoms with Crippen LogP contribution in [0.5, 0.6) is 0 Å². The molecule has 120 valence electrons. The lowest BCUT2D eigenvalue weighted by Gasteiger charge is -1.98. The highest BCUT2D eigenvalue weighted by atomic mass is 32.2. The van der Waals surface area contributed by atoms with Crippen LogP contribution >= 0.6 is 23.1 Å². The molecular weight excluding hydrogens is 338 g/mol. The molecule has 3 aromatic rings. The Morgan fingerprint density at radius 1 is 1.39 bits per heavy atom. The van der Waals surface area contributed by atoms with E-state index in [9.17, 15) is 4.79 Å². The van der Waals surface area contributed by atoms with Crippen LogP contribution < -0.4 is 5.32 Å². The molecule has 3 heterocycles. The first-order chi connectivity index (χ1) is 11.1. The number of nitrogens with one attached hydrogen (secondary N) is 1. The molecule has 0 saturated carbocycles. The molecule has 0 saturated heterocycles. The lowest BCUT2D eigenvalue weighted by atomic mass is 10.3. The highest BCUT2D eigenvalue weighted by Gasteiger charge is 2.12. The third-order valence-electron chi connectivity index (χ3n) is 2.67. The van der Waals surface area contributed by atoms with E-state index >= 15 is 0 Å². The van der Waals surface area contributed by atoms with Gasteiger partial charge in [-0.15, -0.1) is 21.5 Å². The minimum atomic E-state index is -0.224. The van der Waals surface area contributed by atoms with Crippen molar-refractivity contribution in [1.29, 1.82) is 0 Å². The lowest BCUT2D eigenvalue weighted by Crippen LogP contribution is -2.14. The second kappa shape index (κ2) is 6.92. The summed E-state index contributed by atoms with van der Waals surface area (Å²) in [6.07, 6.45) is 0.488. The molecule has 0 bridgehead atoms. The van der Waals surface area contributed by atoms with E-state index in [0.717, 1.165) is 22.5 Å². The standard InChI is InChI=1S/C13H13N5O3S2/c1-7-3-10(18-21-7)15-11(19)6-23-13-17-16-12(20-13)4-9-5-22-8(2)14-9/h3,5H,4,6H2,1-2H3,(H,15,18,19). The van der Waals surface area contributed by atoms with E-state index in [1.54, 1.807) is 24.3 Å². The third-order valence-corrected chi connectivity index (χ3v) is 4.31. The van der Waals surface area contributed by atoms with Crippen LogP contribution in [0.1, 0.15) is 22.4 Å². The molecule has 10 heteroatoms. The zero-order valence-corrected chi connectivity index (χ0v) is 14.0. The predicted octanol–water partition coefficient (Wildman–Crippen LogP) is 2.45. The molecule has 3 aromatic heterocycles. The van der Waals surface area contributed by atoms with Crippen LogP contribution in [-0.4, -0.2) is 32.0 Å². The number of aryl methyl sites for hydroxylation is 2. The van der Waals surface area contributed by atoms with E-state index in [1.165, 1.54) is 0 Å². The van der Waals surface area contributed by atoms with E-state index in [1.807, 2.05) is 12.3 Å². The number of thiazole rings is 1. The van der Waals surface area contributed by atoms with Gasteiger partial charge in [0.25, 0.3) is 5.22 Å². The molecule has 0 unspecified atom stereocenters. The maximum Gasteiger partial charge on any atom is 0.277 e. The summed E-state index contributed by atoms with van der Waals surface area (Å²) in [6.45, 7) is 3.69. The molecule has 8 nitrogen and oxygen atoms in total. The largest absolute Gasteiger partial charge is 0.416 e. The van der Waals surface area contributed by atoms with Crippen molar-refractivity contribution in [2.45, 2.75) is 25.5 Å². The first kappa shape index (κ1) is 15.7. The number of hydrogen-bond acceptors (Lipinski definition) is 9. The summed E-state index contributed by atoms with van der Waals surface area (Å²) in [5.41, 5.74) is 0.895. The fourth-order valence-corrected chi connectivity index (χ4v) is 2.94. The van der Waals surface area contributed by atoms with Crippen LogP contribution in [-0.2, 0) is 11.2 Å². The van der Waals surface area contributed by atoms with E-state index in [4.69, 9.17) is 8.94 Å². The molecule has 0 aliphatic carbocycles. The minimum Gasteiger partial charge on any atom is -0.416 e. The van der Waals surface area contributed by atoms with E-state index in [0.29, 0.717) is 29.1 Å². The van der Waals surface area contributed by atoms with Gasteiger partial charge in [0.05, 0.1) is 22.9 Å². The van der Waals surface area contributed by atoms with Gasteiger partial charge in [-0.25, -0.2) is 4.98 Å². The SMILES string of the molecule is Cc1cc(NC(=O)CSc2nnc(Cc3csc(C)n3)o2)no1. The Kier molecular flexibility index (Phi) is 4.72. The Labute approximate surface area is 139 Å². The topological polar surface area (TPSA) is 107 Å². The third kappa shape index (κ3) is 4.39. The first-order valence-corrected chi connectivity index (χ1v) is 8.54. The number of anilines is 1. The number of carbonyl (C=O) groups is 1. The van der Waals surface area contributed by atoms with Gasteiger partial charge in [0, 0.05) is 11.4 Å². The number of carbonyl (C=O) groups excluding carboxylic acids is 1. The predicted molar refractivity (Wildman–Crippen MR) is 84.5 cm³/mol. The number of rotatable bonds is 6. The minimum absolute atomic E-state index is 0.142. The molecule has 0 aliphatic heterocycles. The van der Waals surface area contributed by atoms with E-state index in [2.05, 4.69) is 25.7 Å². The summed E-state index contributed by atoms with van der Waals surface area (Å²) >= 11 is 2.74. The van der Waals surface area contributed by atoms with Gasteiger partial charge < -0.3 is 14.3 Å². The van der Waals surface area contributed by atoms with Crippen molar-refractivity contribution in [2.24, 2.45) is 0 Å². The van der Waals surface area contributed by atoms with Crippen LogP contribution in [0.2, 0.25) is 0 Å². The molecule has 1 amide bonds. The number of nitrogens with zero attached hydrogens (tertiary/aromatic N) is 4. The average molecular weight is 351 g/mol. The first-order valence-electron chi connectivity index (χ1n) is 6.68. The highest BCUT2D eigenvalue weighted by molar-refractivity contribution is 7.99. The van der Waals surface area contributed by atoms with Crippen molar-refractivity contribution >= 4 is 34.8 Å². The van der Waals surface area contributed by atoms with Gasteiger partial charge in [0.15, 0.2) is 5.82 Å². The van der Waals surface area contributed by atoms with Crippen LogP contribution in [0, 0.1) is 13.8 Å². The summed E-state index contributed by atoms with van der Waals surface area (Å²) in [5, 5.41) is 17.5. The van der Waals surface area contributed by atoms with Crippen LogP contribution in [0.25, 0.3) is 0 Å². The number of aromatic nitrogens is 4. The van der Waals surface area contributed by atoms with E-state index in [-0.39, 0.29) is 11.7 Å². The second-order valence-electron chi connectivity index (χ2n) is 4.66. The second-order valence-corrected chi connectivity index (χ2v) is 6.64. The Balaban J connectivity index is 1.49. The molecule has 0 aromatic carbocycles. The Morgan fingerprint density at radius 2 is 2.26 bits per heavy atom. The van der Waals surface area contributed by atoms with Gasteiger partial charge in [0.2, 0.25) is 11.8 Å². The summed E-state index contributed by atoms with van der Waals surface area (Å²) in [5.74, 6) is 1.41. The van der Waals surface area contributed by atoms with Gasteiger partial charge in [-0.2, -0.15) is 0 Å². The molecule has 0 fully saturated rings. The fraction of sp³-hybridized carbons (Fsp3) is 0.308. The van der Waals surface area contributed by atoms with Crippen molar-refractivity contribution in [3.8, 4) is 0 Å². The monoisotopic (exact) mass is 351 g/mol. The van der Waals surface area contributed by atoms with Crippen molar-refractivity contribution in [2.75, 3.05) is 11.1 Å². The van der Waals surface area contributed by atoms with Gasteiger partial charge in [-0.1, -0.05) is 16.9 Å². The van der Waals surface area contributed by atoms with Gasteiger partial charge in [-0.3, -0.25) is 4.79 Å². The molecule has 0 aliphatic rings. The zero-order valence-electron chi connectivity index (χ0n) is 12.4. The maximum atomic E-state index is 11.8. The quantitative estimate of drug-likeness (QED) is 0.675. The molecule has 23 heavy (non-hydrogen) atoms. The number of thioether (sulfide) groups is 1. The lowest BCUT2D eigenvalue weighted by molar-refractivity contribution is -0.113. The van der Waals surface area contributed by atoms with Crippen molar-refractivity contribution < 1.29 is 13.7 Å². The number of hydrogen-bond donors (Lipinski definition) is 1. The van der Waals surface area contributed by atoms with Crippen LogP contribution in [0.15, 0.2) is 25.6 Å². The Bertz CT molecular complexity index is 810. The van der Waals surface area contributed by atoms with Gasteiger partial charge >= 0.3 is 0 Å². The van der Waals surface area contributed by atoms with Crippen molar-refractivity contribution in [3.63, 3.8) is 0 Å². The highest BCUT2D eigenvalue weighted by Crippen LogP contribution is 2.19.